The zero-order chi connectivity index (χ0) is 22.6. The van der Waals surface area contributed by atoms with Gasteiger partial charge in [0, 0.05) is 0 Å². The van der Waals surface area contributed by atoms with Crippen LogP contribution in [0.25, 0.3) is 16.7 Å². The molecule has 0 bridgehead atoms. The Hall–Kier alpha value is -3.39. The van der Waals surface area contributed by atoms with Crippen LogP contribution in [-0.4, -0.2) is 31.4 Å². The summed E-state index contributed by atoms with van der Waals surface area (Å²) >= 11 is 1.22. The number of fused-ring (bicyclic) bond motifs is 1. The molecule has 0 aliphatic heterocycles. The lowest BCUT2D eigenvalue weighted by atomic mass is 9.91. The van der Waals surface area contributed by atoms with Crippen molar-refractivity contribution in [3.8, 4) is 5.69 Å². The number of nitrogens with one attached hydrogen (secondary N) is 2. The number of benzene rings is 2. The van der Waals surface area contributed by atoms with E-state index in [0.717, 1.165) is 24.1 Å². The van der Waals surface area contributed by atoms with E-state index in [1.165, 1.54) is 30.8 Å². The van der Waals surface area contributed by atoms with E-state index in [1.807, 2.05) is 48.5 Å². The molecule has 0 radical (unpaired) electrons. The van der Waals surface area contributed by atoms with Gasteiger partial charge in [-0.2, -0.15) is 5.10 Å². The van der Waals surface area contributed by atoms with Crippen molar-refractivity contribution in [2.45, 2.75) is 36.9 Å². The van der Waals surface area contributed by atoms with Crippen molar-refractivity contribution in [1.29, 1.82) is 0 Å². The zero-order valence-corrected chi connectivity index (χ0v) is 18.9. The van der Waals surface area contributed by atoms with E-state index in [1.54, 1.807) is 4.68 Å². The van der Waals surface area contributed by atoms with Crippen LogP contribution in [0.3, 0.4) is 0 Å². The van der Waals surface area contributed by atoms with E-state index >= 15 is 0 Å². The minimum absolute atomic E-state index is 0.0100. The van der Waals surface area contributed by atoms with Gasteiger partial charge in [0.1, 0.15) is 5.39 Å². The number of thioether (sulfide) groups is 1. The third kappa shape index (κ3) is 4.71. The molecule has 1 unspecified atom stereocenters. The van der Waals surface area contributed by atoms with Gasteiger partial charge in [-0.05, 0) is 36.5 Å². The number of hydrogen-bond acceptors (Lipinski definition) is 5. The number of carbonyl (C=O) groups is 1. The lowest BCUT2D eigenvalue weighted by Gasteiger charge is -2.25. The Morgan fingerprint density at radius 2 is 1.79 bits per heavy atom. The van der Waals surface area contributed by atoms with E-state index in [9.17, 15) is 9.59 Å². The van der Waals surface area contributed by atoms with Gasteiger partial charge in [0.2, 0.25) is 5.91 Å². The molecule has 2 N–H and O–H groups in total. The van der Waals surface area contributed by atoms with Crippen LogP contribution in [0.5, 0.6) is 0 Å². The molecule has 4 aromatic rings. The summed E-state index contributed by atoms with van der Waals surface area (Å²) in [5, 5.41) is 8.37. The molecule has 33 heavy (non-hydrogen) atoms. The number of para-hydroxylation sites is 1. The summed E-state index contributed by atoms with van der Waals surface area (Å²) in [4.78, 5) is 32.8. The molecular weight excluding hydrogens is 434 g/mol. The quantitative estimate of drug-likeness (QED) is 0.318. The number of carbonyl (C=O) groups excluding carboxylic acids is 1. The van der Waals surface area contributed by atoms with Gasteiger partial charge in [0.25, 0.3) is 5.56 Å². The highest BCUT2D eigenvalue weighted by molar-refractivity contribution is 7.99. The highest BCUT2D eigenvalue weighted by Gasteiger charge is 2.27. The van der Waals surface area contributed by atoms with Gasteiger partial charge in [0.15, 0.2) is 10.8 Å². The van der Waals surface area contributed by atoms with Crippen LogP contribution in [0.2, 0.25) is 0 Å². The van der Waals surface area contributed by atoms with Crippen LogP contribution in [0.15, 0.2) is 76.8 Å². The molecule has 7 nitrogen and oxygen atoms in total. The standard InChI is InChI=1S/C25H25N5O2S/c31-21(27-22(18-11-7-8-12-18)17-9-3-1-4-10-17)16-33-25-28-23-20(24(32)29-25)15-26-30(23)19-13-5-2-6-14-19/h1-6,9-10,13-15,18,22H,7-8,11-12,16H2,(H,27,31)(H,28,29,32). The maximum atomic E-state index is 12.9. The Bertz CT molecular complexity index is 1300. The summed E-state index contributed by atoms with van der Waals surface area (Å²) in [7, 11) is 0. The molecule has 1 atom stereocenters. The normalized spacial score (nSPS) is 15.0. The SMILES string of the molecule is O=C(CSc1nc2c(cnn2-c2ccccc2)c(=O)[nH]1)NC(c1ccccc1)C1CCCC1. The first-order valence-corrected chi connectivity index (χ1v) is 12.2. The molecule has 8 heteroatoms. The topological polar surface area (TPSA) is 92.7 Å². The fourth-order valence-corrected chi connectivity index (χ4v) is 5.17. The maximum absolute atomic E-state index is 12.9. The van der Waals surface area contributed by atoms with E-state index in [4.69, 9.17) is 0 Å². The predicted octanol–water partition coefficient (Wildman–Crippen LogP) is 4.25. The minimum Gasteiger partial charge on any atom is -0.348 e. The molecule has 2 aromatic carbocycles. The van der Waals surface area contributed by atoms with E-state index in [-0.39, 0.29) is 23.3 Å². The summed E-state index contributed by atoms with van der Waals surface area (Å²) in [5.41, 5.74) is 2.17. The van der Waals surface area contributed by atoms with Crippen molar-refractivity contribution in [3.63, 3.8) is 0 Å². The fourth-order valence-electron chi connectivity index (χ4n) is 4.50. The number of aromatic amines is 1. The van der Waals surface area contributed by atoms with Crippen molar-refractivity contribution in [2.24, 2.45) is 5.92 Å². The monoisotopic (exact) mass is 459 g/mol. The second-order valence-electron chi connectivity index (χ2n) is 8.29. The average Bonchev–Trinajstić information content (AvgIpc) is 3.53. The Balaban J connectivity index is 1.32. The molecule has 1 saturated carbocycles. The smallest absolute Gasteiger partial charge is 0.262 e. The summed E-state index contributed by atoms with van der Waals surface area (Å²) in [5.74, 6) is 0.556. The zero-order valence-electron chi connectivity index (χ0n) is 18.1. The first-order valence-electron chi connectivity index (χ1n) is 11.2. The Kier molecular flexibility index (Phi) is 6.26. The lowest BCUT2D eigenvalue weighted by Crippen LogP contribution is -2.34. The molecule has 5 rings (SSSR count). The summed E-state index contributed by atoms with van der Waals surface area (Å²) in [6.07, 6.45) is 6.18. The van der Waals surface area contributed by atoms with Crippen LogP contribution in [-0.2, 0) is 4.79 Å². The van der Waals surface area contributed by atoms with Gasteiger partial charge in [-0.25, -0.2) is 9.67 Å². The van der Waals surface area contributed by atoms with Crippen molar-refractivity contribution < 1.29 is 4.79 Å². The highest BCUT2D eigenvalue weighted by Crippen LogP contribution is 2.35. The van der Waals surface area contributed by atoms with Crippen LogP contribution < -0.4 is 10.9 Å². The summed E-state index contributed by atoms with van der Waals surface area (Å²) < 4.78 is 1.64. The van der Waals surface area contributed by atoms with Gasteiger partial charge in [0.05, 0.1) is 23.7 Å². The van der Waals surface area contributed by atoms with Gasteiger partial charge in [-0.1, -0.05) is 73.1 Å². The van der Waals surface area contributed by atoms with Crippen molar-refractivity contribution in [2.75, 3.05) is 5.75 Å². The first-order chi connectivity index (χ1) is 16.2. The number of hydrogen-bond donors (Lipinski definition) is 2. The van der Waals surface area contributed by atoms with Crippen LogP contribution in [0.1, 0.15) is 37.3 Å². The molecule has 2 heterocycles. The second kappa shape index (κ2) is 9.62. The summed E-state index contributed by atoms with van der Waals surface area (Å²) in [6.45, 7) is 0. The maximum Gasteiger partial charge on any atom is 0.262 e. The van der Waals surface area contributed by atoms with Crippen LogP contribution >= 0.6 is 11.8 Å². The van der Waals surface area contributed by atoms with Gasteiger partial charge in [-0.3, -0.25) is 9.59 Å². The lowest BCUT2D eigenvalue weighted by molar-refractivity contribution is -0.119. The van der Waals surface area contributed by atoms with E-state index in [2.05, 4.69) is 32.5 Å². The van der Waals surface area contributed by atoms with Gasteiger partial charge >= 0.3 is 0 Å². The fraction of sp³-hybridized carbons (Fsp3) is 0.280. The molecule has 1 aliphatic rings. The molecular formula is C25H25N5O2S. The Labute approximate surface area is 195 Å². The van der Waals surface area contributed by atoms with Crippen molar-refractivity contribution in [1.82, 2.24) is 25.1 Å². The number of amides is 1. The number of H-pyrrole nitrogens is 1. The van der Waals surface area contributed by atoms with Crippen molar-refractivity contribution in [3.05, 3.63) is 82.8 Å². The molecule has 1 aliphatic carbocycles. The molecule has 0 spiro atoms. The van der Waals surface area contributed by atoms with Crippen LogP contribution in [0.4, 0.5) is 0 Å². The molecule has 0 saturated heterocycles. The van der Waals surface area contributed by atoms with Crippen molar-refractivity contribution >= 4 is 28.7 Å². The molecule has 1 fully saturated rings. The molecule has 1 amide bonds. The third-order valence-corrected chi connectivity index (χ3v) is 6.98. The average molecular weight is 460 g/mol. The number of aromatic nitrogens is 4. The van der Waals surface area contributed by atoms with E-state index in [0.29, 0.717) is 22.1 Å². The molecule has 168 valence electrons. The Morgan fingerprint density at radius 3 is 2.52 bits per heavy atom. The minimum atomic E-state index is -0.266. The number of rotatable bonds is 7. The highest BCUT2D eigenvalue weighted by atomic mass is 32.2. The Morgan fingerprint density at radius 1 is 1.09 bits per heavy atom. The van der Waals surface area contributed by atoms with Crippen LogP contribution in [0, 0.1) is 5.92 Å². The largest absolute Gasteiger partial charge is 0.348 e. The molecule has 2 aromatic heterocycles. The van der Waals surface area contributed by atoms with E-state index < -0.39 is 0 Å². The second-order valence-corrected chi connectivity index (χ2v) is 9.25. The van der Waals surface area contributed by atoms with Gasteiger partial charge in [-0.15, -0.1) is 0 Å². The number of nitrogens with zero attached hydrogens (tertiary/aromatic N) is 3. The third-order valence-electron chi connectivity index (χ3n) is 6.10. The first kappa shape index (κ1) is 21.5. The summed E-state index contributed by atoms with van der Waals surface area (Å²) in [6, 6.07) is 19.7. The van der Waals surface area contributed by atoms with Gasteiger partial charge < -0.3 is 10.3 Å². The predicted molar refractivity (Wildman–Crippen MR) is 129 cm³/mol.